The van der Waals surface area contributed by atoms with E-state index in [-0.39, 0.29) is 47.2 Å². The number of likely N-dealkylation sites (tertiary alicyclic amines) is 1. The zero-order chi connectivity index (χ0) is 36.5. The Morgan fingerprint density at radius 1 is 0.673 bits per heavy atom. The van der Waals surface area contributed by atoms with Crippen molar-refractivity contribution in [1.82, 2.24) is 24.7 Å². The number of carbonyl (C=O) groups excluding carboxylic acids is 2. The van der Waals surface area contributed by atoms with E-state index in [1.807, 2.05) is 14.1 Å². The van der Waals surface area contributed by atoms with Crippen molar-refractivity contribution in [1.29, 1.82) is 0 Å². The van der Waals surface area contributed by atoms with Crippen LogP contribution in [0.15, 0.2) is 73.1 Å². The number of rotatable bonds is 4. The molecule has 0 bridgehead atoms. The average molecular weight is 706 g/mol. The SMILES string of the molecule is CC(=O)[C@H]1CC([C@H]2c3ccccc3CCc3cc(F)cnc32)CCN1C.CC(=O)[C@H]1CN([C@@H]2c3ccccc3CCc3cc(F)cnc32)CCN1C. The smallest absolute Gasteiger partial charge is 0.148 e. The molecule has 2 aromatic heterocycles. The third-order valence-corrected chi connectivity index (χ3v) is 11.9. The van der Waals surface area contributed by atoms with Crippen LogP contribution in [0.2, 0.25) is 0 Å². The number of ketones is 2. The lowest BCUT2D eigenvalue weighted by Crippen LogP contribution is -2.55. The minimum absolute atomic E-state index is 0.0279. The standard InChI is InChI=1S/C22H25FN2O.C21H24FN3O/c1-14(26)20-12-16(9-10-25(20)2)21-19-6-4-3-5-15(19)7-8-17-11-18(23)13-24-22(17)21;1-14(26)19-13-25(10-9-24(19)2)21-18-6-4-3-5-15(18)7-8-16-11-17(22)12-23-20(16)21/h3-6,11,13,16,20-21H,7-10,12H2,1-2H3;3-6,11-12,19,21H,7-10,13H2,1-2H3/t16?,20-,21+;19-,21-/m11/s1. The second-order valence-corrected chi connectivity index (χ2v) is 15.2. The molecule has 2 aromatic carbocycles. The summed E-state index contributed by atoms with van der Waals surface area (Å²) in [7, 11) is 4.04. The molecule has 2 aliphatic carbocycles. The number of carbonyl (C=O) groups is 2. The van der Waals surface area contributed by atoms with Crippen LogP contribution in [-0.4, -0.2) is 88.6 Å². The van der Waals surface area contributed by atoms with Crippen LogP contribution in [0.1, 0.15) is 83.4 Å². The molecule has 2 aliphatic heterocycles. The van der Waals surface area contributed by atoms with Crippen LogP contribution in [0.4, 0.5) is 8.78 Å². The first-order valence-electron chi connectivity index (χ1n) is 18.7. The van der Waals surface area contributed by atoms with Gasteiger partial charge in [0.15, 0.2) is 0 Å². The number of likely N-dealkylation sites (N-methyl/N-ethyl adjacent to an activating group) is 2. The molecule has 0 saturated carbocycles. The van der Waals surface area contributed by atoms with E-state index in [9.17, 15) is 18.4 Å². The van der Waals surface area contributed by atoms with Crippen LogP contribution >= 0.6 is 0 Å². The summed E-state index contributed by atoms with van der Waals surface area (Å²) in [6, 6.07) is 20.1. The lowest BCUT2D eigenvalue weighted by Gasteiger charge is -2.42. The molecule has 0 spiro atoms. The van der Waals surface area contributed by atoms with Gasteiger partial charge in [-0.15, -0.1) is 0 Å². The van der Waals surface area contributed by atoms with E-state index in [4.69, 9.17) is 0 Å². The predicted molar refractivity (Wildman–Crippen MR) is 198 cm³/mol. The summed E-state index contributed by atoms with van der Waals surface area (Å²) >= 11 is 0. The topological polar surface area (TPSA) is 69.6 Å². The van der Waals surface area contributed by atoms with E-state index in [2.05, 4.69) is 73.2 Å². The number of hydrogen-bond acceptors (Lipinski definition) is 7. The number of fused-ring (bicyclic) bond motifs is 4. The number of benzene rings is 2. The monoisotopic (exact) mass is 705 g/mol. The number of piperidine rings is 1. The van der Waals surface area contributed by atoms with Gasteiger partial charge in [-0.1, -0.05) is 48.5 Å². The minimum Gasteiger partial charge on any atom is -0.298 e. The molecule has 0 radical (unpaired) electrons. The van der Waals surface area contributed by atoms with Gasteiger partial charge in [0.1, 0.15) is 23.2 Å². The second-order valence-electron chi connectivity index (χ2n) is 15.2. The molecule has 4 aromatic rings. The van der Waals surface area contributed by atoms with Gasteiger partial charge in [-0.2, -0.15) is 0 Å². The van der Waals surface area contributed by atoms with Crippen molar-refractivity contribution < 1.29 is 18.4 Å². The van der Waals surface area contributed by atoms with E-state index in [1.54, 1.807) is 26.0 Å². The second kappa shape index (κ2) is 15.4. The Morgan fingerprint density at radius 3 is 1.87 bits per heavy atom. The van der Waals surface area contributed by atoms with E-state index >= 15 is 0 Å². The van der Waals surface area contributed by atoms with E-state index in [0.29, 0.717) is 12.5 Å². The number of hydrogen-bond donors (Lipinski definition) is 0. The van der Waals surface area contributed by atoms with Gasteiger partial charge in [0, 0.05) is 25.6 Å². The normalized spacial score (nSPS) is 24.8. The molecule has 8 rings (SSSR count). The minimum atomic E-state index is -0.284. The molecule has 9 heteroatoms. The van der Waals surface area contributed by atoms with Crippen LogP contribution in [-0.2, 0) is 35.3 Å². The van der Waals surface area contributed by atoms with Crippen molar-refractivity contribution in [2.45, 2.75) is 76.4 Å². The van der Waals surface area contributed by atoms with Crippen LogP contribution in [0.3, 0.4) is 0 Å². The van der Waals surface area contributed by atoms with Crippen molar-refractivity contribution in [3.05, 3.63) is 129 Å². The molecule has 5 atom stereocenters. The fraction of sp³-hybridized carbons (Fsp3) is 0.442. The Labute approximate surface area is 306 Å². The number of aryl methyl sites for hydroxylation is 4. The lowest BCUT2D eigenvalue weighted by molar-refractivity contribution is -0.124. The summed E-state index contributed by atoms with van der Waals surface area (Å²) < 4.78 is 27.6. The van der Waals surface area contributed by atoms with E-state index < -0.39 is 0 Å². The Morgan fingerprint density at radius 2 is 1.21 bits per heavy atom. The van der Waals surface area contributed by atoms with Gasteiger partial charge in [0.2, 0.25) is 0 Å². The number of nitrogens with zero attached hydrogens (tertiary/aromatic N) is 5. The molecule has 2 saturated heterocycles. The van der Waals surface area contributed by atoms with Gasteiger partial charge in [0.05, 0.1) is 41.9 Å². The maximum atomic E-state index is 13.8. The molecule has 4 aliphatic rings. The first-order valence-corrected chi connectivity index (χ1v) is 18.7. The first-order chi connectivity index (χ1) is 25.1. The highest BCUT2D eigenvalue weighted by molar-refractivity contribution is 5.82. The van der Waals surface area contributed by atoms with E-state index in [1.165, 1.54) is 34.6 Å². The van der Waals surface area contributed by atoms with E-state index in [0.717, 1.165) is 80.7 Å². The molecule has 1 unspecified atom stereocenters. The fourth-order valence-corrected chi connectivity index (χ4v) is 9.14. The van der Waals surface area contributed by atoms with Gasteiger partial charge < -0.3 is 0 Å². The van der Waals surface area contributed by atoms with Gasteiger partial charge in [-0.3, -0.25) is 34.3 Å². The highest BCUT2D eigenvalue weighted by Crippen LogP contribution is 2.43. The Kier molecular flexibility index (Phi) is 10.7. The fourth-order valence-electron chi connectivity index (χ4n) is 9.14. The summed E-state index contributed by atoms with van der Waals surface area (Å²) in [6.07, 6.45) is 7.92. The summed E-state index contributed by atoms with van der Waals surface area (Å²) in [5.41, 5.74) is 9.09. The molecule has 52 heavy (non-hydrogen) atoms. The molecule has 0 N–H and O–H groups in total. The Balaban J connectivity index is 0.000000162. The Hall–Kier alpha value is -4.18. The number of pyridine rings is 2. The highest BCUT2D eigenvalue weighted by Gasteiger charge is 2.39. The van der Waals surface area contributed by atoms with Gasteiger partial charge in [0.25, 0.3) is 0 Å². The van der Waals surface area contributed by atoms with Crippen molar-refractivity contribution >= 4 is 11.6 Å². The first kappa shape index (κ1) is 36.2. The number of piperazine rings is 1. The maximum absolute atomic E-state index is 13.8. The number of aromatic nitrogens is 2. The molecular weight excluding hydrogens is 657 g/mol. The van der Waals surface area contributed by atoms with Crippen LogP contribution < -0.4 is 0 Å². The summed E-state index contributed by atoms with van der Waals surface area (Å²) in [6.45, 7) is 6.62. The zero-order valence-corrected chi connectivity index (χ0v) is 30.7. The molecule has 7 nitrogen and oxygen atoms in total. The van der Waals surface area contributed by atoms with Crippen molar-refractivity contribution in [3.63, 3.8) is 0 Å². The lowest BCUT2D eigenvalue weighted by atomic mass is 9.74. The third kappa shape index (κ3) is 7.36. The van der Waals surface area contributed by atoms with Gasteiger partial charge >= 0.3 is 0 Å². The van der Waals surface area contributed by atoms with Crippen LogP contribution in [0.5, 0.6) is 0 Å². The zero-order valence-electron chi connectivity index (χ0n) is 30.7. The van der Waals surface area contributed by atoms with Crippen molar-refractivity contribution in [2.24, 2.45) is 5.92 Å². The summed E-state index contributed by atoms with van der Waals surface area (Å²) in [5, 5.41) is 0. The van der Waals surface area contributed by atoms with Crippen LogP contribution in [0.25, 0.3) is 0 Å². The third-order valence-electron chi connectivity index (χ3n) is 11.9. The molecule has 0 amide bonds. The number of halogens is 2. The molecule has 2 fully saturated rings. The van der Waals surface area contributed by atoms with Gasteiger partial charge in [-0.25, -0.2) is 8.78 Å². The average Bonchev–Trinajstić information content (AvgIpc) is 3.40. The largest absolute Gasteiger partial charge is 0.298 e. The highest BCUT2D eigenvalue weighted by atomic mass is 19.1. The van der Waals surface area contributed by atoms with Crippen LogP contribution in [0, 0.1) is 17.6 Å². The van der Waals surface area contributed by atoms with Crippen molar-refractivity contribution in [2.75, 3.05) is 40.3 Å². The quantitative estimate of drug-likeness (QED) is 0.245. The molecule has 4 heterocycles. The molecule has 272 valence electrons. The molecular formula is C43H49F2N5O2. The predicted octanol–water partition coefficient (Wildman–Crippen LogP) is 6.36. The Bertz CT molecular complexity index is 1810. The number of Topliss-reactive ketones (excluding diaryl/α,β-unsaturated/α-hetero) is 2. The summed E-state index contributed by atoms with van der Waals surface area (Å²) in [4.78, 5) is 39.9. The maximum Gasteiger partial charge on any atom is 0.148 e. The summed E-state index contributed by atoms with van der Waals surface area (Å²) in [5.74, 6) is 0.348. The van der Waals surface area contributed by atoms with Gasteiger partial charge in [-0.05, 0) is 124 Å². The van der Waals surface area contributed by atoms with Crippen molar-refractivity contribution in [3.8, 4) is 0 Å².